The first-order valence-electron chi connectivity index (χ1n) is 4.51. The lowest BCUT2D eigenvalue weighted by Crippen LogP contribution is -2.10. The van der Waals surface area contributed by atoms with Crippen molar-refractivity contribution in [2.45, 2.75) is 0 Å². The molecule has 8 N–H and O–H groups in total. The molecule has 0 fully saturated rings. The Hall–Kier alpha value is -0.280. The minimum Gasteiger partial charge on any atom is -0.394 e. The van der Waals surface area contributed by atoms with Crippen molar-refractivity contribution in [2.24, 2.45) is 5.73 Å². The van der Waals surface area contributed by atoms with Crippen LogP contribution in [0.1, 0.15) is 0 Å². The zero-order chi connectivity index (χ0) is 11.1. The highest BCUT2D eigenvalue weighted by Crippen LogP contribution is 1.68. The first-order chi connectivity index (χ1) is 6.83. The molecule has 96 valence electrons. The fourth-order valence-electron chi connectivity index (χ4n) is 0.481. The van der Waals surface area contributed by atoms with E-state index in [-0.39, 0.29) is 26.0 Å². The van der Waals surface area contributed by atoms with Crippen molar-refractivity contribution in [2.75, 3.05) is 52.8 Å². The summed E-state index contributed by atoms with van der Waals surface area (Å²) < 4.78 is 9.39. The van der Waals surface area contributed by atoms with Crippen molar-refractivity contribution < 1.29 is 24.8 Å². The largest absolute Gasteiger partial charge is 0.394 e. The molecule has 0 aromatic heterocycles. The molecule has 0 radical (unpaired) electrons. The molecule has 7 nitrogen and oxygen atoms in total. The lowest BCUT2D eigenvalue weighted by molar-refractivity contribution is 0.0650. The number of ether oxygens (including phenoxy) is 2. The van der Waals surface area contributed by atoms with Crippen LogP contribution in [0.4, 0.5) is 0 Å². The van der Waals surface area contributed by atoms with E-state index in [9.17, 15) is 0 Å². The first-order valence-corrected chi connectivity index (χ1v) is 4.51. The van der Waals surface area contributed by atoms with E-state index < -0.39 is 0 Å². The van der Waals surface area contributed by atoms with E-state index in [0.29, 0.717) is 33.0 Å². The van der Waals surface area contributed by atoms with Gasteiger partial charge < -0.3 is 36.7 Å². The maximum atomic E-state index is 8.13. The van der Waals surface area contributed by atoms with Gasteiger partial charge in [-0.05, 0) is 0 Å². The molecule has 0 aliphatic heterocycles. The molecule has 0 aromatic carbocycles. The molecule has 7 heteroatoms. The van der Waals surface area contributed by atoms with Gasteiger partial charge in [0, 0.05) is 6.54 Å². The Balaban J connectivity index is -0.000000180. The summed E-state index contributed by atoms with van der Waals surface area (Å²) in [5.41, 5.74) is 5.06. The van der Waals surface area contributed by atoms with Crippen molar-refractivity contribution in [3.8, 4) is 0 Å². The second-order valence-corrected chi connectivity index (χ2v) is 2.18. The minimum absolute atomic E-state index is 0. The van der Waals surface area contributed by atoms with Gasteiger partial charge in [-0.3, -0.25) is 0 Å². The highest BCUT2D eigenvalue weighted by Gasteiger charge is 1.79. The molecule has 15 heavy (non-hydrogen) atoms. The third kappa shape index (κ3) is 31.6. The van der Waals surface area contributed by atoms with E-state index >= 15 is 0 Å². The average molecular weight is 228 g/mol. The Morgan fingerprint density at radius 3 is 1.33 bits per heavy atom. The predicted octanol–water partition coefficient (Wildman–Crippen LogP) is -1.90. The first kappa shape index (κ1) is 20.2. The average Bonchev–Trinajstić information content (AvgIpc) is 2.21. The van der Waals surface area contributed by atoms with Crippen molar-refractivity contribution in [3.63, 3.8) is 0 Å². The smallest absolute Gasteiger partial charge is 0.0698 e. The molecule has 0 aliphatic carbocycles. The second-order valence-electron chi connectivity index (χ2n) is 2.18. The number of aliphatic hydroxyl groups is 3. The summed E-state index contributed by atoms with van der Waals surface area (Å²) in [6, 6.07) is 0. The van der Waals surface area contributed by atoms with Crippen LogP contribution in [0.15, 0.2) is 0 Å². The van der Waals surface area contributed by atoms with E-state index in [2.05, 4.69) is 4.74 Å². The Labute approximate surface area is 90.4 Å². The summed E-state index contributed by atoms with van der Waals surface area (Å²) in [7, 11) is 0. The quantitative estimate of drug-likeness (QED) is 0.306. The van der Waals surface area contributed by atoms with Crippen LogP contribution in [0.25, 0.3) is 0 Å². The Bertz CT molecular complexity index is 69.4. The molecular weight excluding hydrogens is 204 g/mol. The Morgan fingerprint density at radius 2 is 1.07 bits per heavy atom. The minimum atomic E-state index is 0. The van der Waals surface area contributed by atoms with Gasteiger partial charge in [-0.1, -0.05) is 0 Å². The molecule has 0 unspecified atom stereocenters. The third-order valence-corrected chi connectivity index (χ3v) is 0.969. The number of aliphatic hydroxyl groups excluding tert-OH is 3. The molecule has 0 spiro atoms. The zero-order valence-corrected chi connectivity index (χ0v) is 9.10. The van der Waals surface area contributed by atoms with Gasteiger partial charge in [-0.15, -0.1) is 0 Å². The molecule has 0 saturated heterocycles. The van der Waals surface area contributed by atoms with E-state index in [0.717, 1.165) is 0 Å². The molecule has 0 aliphatic rings. The van der Waals surface area contributed by atoms with Gasteiger partial charge in [-0.25, -0.2) is 0 Å². The summed E-state index contributed by atoms with van der Waals surface area (Å²) >= 11 is 0. The molecule has 0 aromatic rings. The summed E-state index contributed by atoms with van der Waals surface area (Å²) in [5, 5.41) is 24.3. The van der Waals surface area contributed by atoms with Crippen molar-refractivity contribution >= 4 is 0 Å². The van der Waals surface area contributed by atoms with Gasteiger partial charge in [-0.2, -0.15) is 0 Å². The van der Waals surface area contributed by atoms with E-state index in [1.54, 1.807) is 0 Å². The van der Waals surface area contributed by atoms with Crippen molar-refractivity contribution in [1.82, 2.24) is 6.15 Å². The molecule has 0 bridgehead atoms. The van der Waals surface area contributed by atoms with Crippen molar-refractivity contribution in [1.29, 1.82) is 0 Å². The Morgan fingerprint density at radius 1 is 0.733 bits per heavy atom. The molecular formula is C8H24N2O5. The summed E-state index contributed by atoms with van der Waals surface area (Å²) in [5.74, 6) is 0. The lowest BCUT2D eigenvalue weighted by atomic mass is 10.7. The van der Waals surface area contributed by atoms with Gasteiger partial charge in [0.25, 0.3) is 0 Å². The third-order valence-electron chi connectivity index (χ3n) is 0.969. The van der Waals surface area contributed by atoms with Crippen LogP contribution in [0, 0.1) is 0 Å². The topological polar surface area (TPSA) is 140 Å². The Kier molecular flexibility index (Phi) is 31.6. The van der Waals surface area contributed by atoms with E-state index in [1.807, 2.05) is 0 Å². The monoisotopic (exact) mass is 228 g/mol. The summed E-state index contributed by atoms with van der Waals surface area (Å²) in [6.07, 6.45) is 0. The number of hydrogen-bond acceptors (Lipinski definition) is 7. The van der Waals surface area contributed by atoms with Crippen LogP contribution < -0.4 is 11.9 Å². The summed E-state index contributed by atoms with van der Waals surface area (Å²) in [4.78, 5) is 0. The molecule has 0 heterocycles. The number of nitrogens with two attached hydrogens (primary N) is 1. The molecule has 0 saturated carbocycles. The van der Waals surface area contributed by atoms with Crippen LogP contribution in [0.2, 0.25) is 0 Å². The molecule has 0 rings (SSSR count). The normalized spacial score (nSPS) is 8.80. The van der Waals surface area contributed by atoms with E-state index in [1.165, 1.54) is 0 Å². The van der Waals surface area contributed by atoms with Gasteiger partial charge in [0.1, 0.15) is 0 Å². The SMILES string of the molecule is N.NCCOCCO.OCCOCCO. The molecule has 0 amide bonds. The van der Waals surface area contributed by atoms with Crippen LogP contribution in [-0.4, -0.2) is 68.1 Å². The van der Waals surface area contributed by atoms with Gasteiger partial charge in [0.15, 0.2) is 0 Å². The highest BCUT2D eigenvalue weighted by atomic mass is 16.5. The lowest BCUT2D eigenvalue weighted by Gasteiger charge is -1.95. The predicted molar refractivity (Wildman–Crippen MR) is 57.0 cm³/mol. The van der Waals surface area contributed by atoms with Crippen LogP contribution >= 0.6 is 0 Å². The van der Waals surface area contributed by atoms with Gasteiger partial charge >= 0.3 is 0 Å². The highest BCUT2D eigenvalue weighted by molar-refractivity contribution is 4.28. The number of hydrogen-bond donors (Lipinski definition) is 5. The maximum absolute atomic E-state index is 8.13. The fraction of sp³-hybridized carbons (Fsp3) is 1.00. The van der Waals surface area contributed by atoms with Gasteiger partial charge in [0.2, 0.25) is 0 Å². The number of rotatable bonds is 8. The van der Waals surface area contributed by atoms with Crippen LogP contribution in [-0.2, 0) is 9.47 Å². The fourth-order valence-corrected chi connectivity index (χ4v) is 0.481. The van der Waals surface area contributed by atoms with E-state index in [4.69, 9.17) is 25.8 Å². The zero-order valence-electron chi connectivity index (χ0n) is 9.10. The van der Waals surface area contributed by atoms with Crippen LogP contribution in [0.3, 0.4) is 0 Å². The van der Waals surface area contributed by atoms with Crippen LogP contribution in [0.5, 0.6) is 0 Å². The van der Waals surface area contributed by atoms with Gasteiger partial charge in [0.05, 0.1) is 46.2 Å². The van der Waals surface area contributed by atoms with Crippen molar-refractivity contribution in [3.05, 3.63) is 0 Å². The maximum Gasteiger partial charge on any atom is 0.0698 e. The second kappa shape index (κ2) is 23.5. The summed E-state index contributed by atoms with van der Waals surface area (Å²) in [6.45, 7) is 2.25. The standard InChI is InChI=1S/C4H11NO2.C4H10O3.H3N/c2*5-1-3-7-4-2-6;/h6H,1-5H2;5-6H,1-4H2;1H3. The molecule has 0 atom stereocenters.